The largest absolute Gasteiger partial charge is 0.374 e. The first kappa shape index (κ1) is 12.8. The first-order valence-electron chi connectivity index (χ1n) is 6.59. The summed E-state index contributed by atoms with van der Waals surface area (Å²) in [4.78, 5) is 14.4. The third-order valence-corrected chi connectivity index (χ3v) is 3.96. The predicted molar refractivity (Wildman–Crippen MR) is 66.5 cm³/mol. The van der Waals surface area contributed by atoms with Crippen LogP contribution in [0.2, 0.25) is 0 Å². The lowest BCUT2D eigenvalue weighted by molar-refractivity contribution is -0.147. The summed E-state index contributed by atoms with van der Waals surface area (Å²) in [6.07, 6.45) is 3.55. The molecule has 1 aliphatic heterocycles. The Labute approximate surface area is 103 Å². The third kappa shape index (κ3) is 2.47. The van der Waals surface area contributed by atoms with Gasteiger partial charge in [-0.05, 0) is 24.7 Å². The molecule has 0 aromatic carbocycles. The number of nitrogens with two attached hydrogens (primary N) is 1. The van der Waals surface area contributed by atoms with Gasteiger partial charge in [-0.2, -0.15) is 0 Å². The van der Waals surface area contributed by atoms with Crippen LogP contribution in [0.3, 0.4) is 0 Å². The highest BCUT2D eigenvalue weighted by atomic mass is 16.5. The molecule has 1 saturated heterocycles. The van der Waals surface area contributed by atoms with Gasteiger partial charge in [0.05, 0.1) is 24.8 Å². The molecule has 1 saturated carbocycles. The summed E-state index contributed by atoms with van der Waals surface area (Å²) in [7, 11) is 0. The summed E-state index contributed by atoms with van der Waals surface area (Å²) in [5.74, 6) is 0.0951. The summed E-state index contributed by atoms with van der Waals surface area (Å²) < 4.78 is 5.71. The fraction of sp³-hybridized carbons (Fsp3) is 0.923. The lowest BCUT2D eigenvalue weighted by Crippen LogP contribution is -2.58. The zero-order valence-electron chi connectivity index (χ0n) is 11.1. The van der Waals surface area contributed by atoms with Gasteiger partial charge in [0.2, 0.25) is 5.91 Å². The summed E-state index contributed by atoms with van der Waals surface area (Å²) in [5.41, 5.74) is 5.90. The minimum absolute atomic E-state index is 0.0951. The SMILES string of the molecule is CC(C)(C)[C@H](N)C(=O)N1CCOC2CCCC21. The van der Waals surface area contributed by atoms with Crippen LogP contribution in [0.1, 0.15) is 40.0 Å². The van der Waals surface area contributed by atoms with Gasteiger partial charge in [-0.25, -0.2) is 0 Å². The number of amides is 1. The Morgan fingerprint density at radius 1 is 1.41 bits per heavy atom. The van der Waals surface area contributed by atoms with Crippen LogP contribution in [-0.2, 0) is 9.53 Å². The number of carbonyl (C=O) groups is 1. The van der Waals surface area contributed by atoms with Crippen molar-refractivity contribution in [2.75, 3.05) is 13.2 Å². The Balaban J connectivity index is 2.08. The van der Waals surface area contributed by atoms with Crippen molar-refractivity contribution in [2.45, 2.75) is 58.2 Å². The summed E-state index contributed by atoms with van der Waals surface area (Å²) in [5, 5.41) is 0. The van der Waals surface area contributed by atoms with Crippen molar-refractivity contribution < 1.29 is 9.53 Å². The molecule has 98 valence electrons. The minimum Gasteiger partial charge on any atom is -0.374 e. The van der Waals surface area contributed by atoms with Gasteiger partial charge in [0.25, 0.3) is 0 Å². The smallest absolute Gasteiger partial charge is 0.240 e. The molecule has 2 N–H and O–H groups in total. The second-order valence-corrected chi connectivity index (χ2v) is 6.28. The predicted octanol–water partition coefficient (Wildman–Crippen LogP) is 1.14. The fourth-order valence-electron chi connectivity index (χ4n) is 2.75. The van der Waals surface area contributed by atoms with Crippen molar-refractivity contribution in [1.29, 1.82) is 0 Å². The summed E-state index contributed by atoms with van der Waals surface area (Å²) in [6, 6.07) is -0.147. The molecule has 4 nitrogen and oxygen atoms in total. The molecule has 17 heavy (non-hydrogen) atoms. The molecule has 2 fully saturated rings. The van der Waals surface area contributed by atoms with E-state index in [2.05, 4.69) is 0 Å². The maximum Gasteiger partial charge on any atom is 0.240 e. The number of fused-ring (bicyclic) bond motifs is 1. The van der Waals surface area contributed by atoms with Crippen LogP contribution in [0.5, 0.6) is 0 Å². The third-order valence-electron chi connectivity index (χ3n) is 3.96. The second kappa shape index (κ2) is 4.58. The van der Waals surface area contributed by atoms with Crippen LogP contribution >= 0.6 is 0 Å². The number of carbonyl (C=O) groups excluding carboxylic acids is 1. The monoisotopic (exact) mass is 240 g/mol. The maximum absolute atomic E-state index is 12.4. The number of morpholine rings is 1. The molecule has 0 radical (unpaired) electrons. The lowest BCUT2D eigenvalue weighted by atomic mass is 9.86. The second-order valence-electron chi connectivity index (χ2n) is 6.28. The van der Waals surface area contributed by atoms with Crippen LogP contribution in [0.15, 0.2) is 0 Å². The molecule has 3 atom stereocenters. The van der Waals surface area contributed by atoms with E-state index < -0.39 is 6.04 Å². The molecule has 1 amide bonds. The Kier molecular flexibility index (Phi) is 3.46. The Bertz CT molecular complexity index is 298. The molecule has 0 spiro atoms. The lowest BCUT2D eigenvalue weighted by Gasteiger charge is -2.41. The van der Waals surface area contributed by atoms with Crippen LogP contribution in [0.4, 0.5) is 0 Å². The molecule has 4 heteroatoms. The summed E-state index contributed by atoms with van der Waals surface area (Å²) >= 11 is 0. The van der Waals surface area contributed by atoms with Crippen LogP contribution in [-0.4, -0.2) is 42.1 Å². The Morgan fingerprint density at radius 2 is 2.12 bits per heavy atom. The van der Waals surface area contributed by atoms with Crippen molar-refractivity contribution in [1.82, 2.24) is 4.90 Å². The van der Waals surface area contributed by atoms with Crippen LogP contribution in [0.25, 0.3) is 0 Å². The van der Waals surface area contributed by atoms with E-state index in [-0.39, 0.29) is 23.5 Å². The molecule has 1 heterocycles. The highest BCUT2D eigenvalue weighted by molar-refractivity contribution is 5.83. The van der Waals surface area contributed by atoms with E-state index in [9.17, 15) is 4.79 Å². The molecule has 1 aliphatic carbocycles. The van der Waals surface area contributed by atoms with Crippen molar-refractivity contribution in [3.05, 3.63) is 0 Å². The quantitative estimate of drug-likeness (QED) is 0.748. The van der Waals surface area contributed by atoms with E-state index in [4.69, 9.17) is 10.5 Å². The highest BCUT2D eigenvalue weighted by Crippen LogP contribution is 2.31. The van der Waals surface area contributed by atoms with E-state index in [1.165, 1.54) is 0 Å². The highest BCUT2D eigenvalue weighted by Gasteiger charge is 2.41. The van der Waals surface area contributed by atoms with Gasteiger partial charge < -0.3 is 15.4 Å². The molecule has 2 rings (SSSR count). The Hall–Kier alpha value is -0.610. The number of hydrogen-bond donors (Lipinski definition) is 1. The molecular formula is C13H24N2O2. The molecule has 2 aliphatic rings. The molecular weight excluding hydrogens is 216 g/mol. The minimum atomic E-state index is -0.415. The molecule has 0 aromatic heterocycles. The first-order chi connectivity index (χ1) is 7.91. The number of rotatable bonds is 1. The van der Waals surface area contributed by atoms with Crippen molar-refractivity contribution in [2.24, 2.45) is 11.1 Å². The van der Waals surface area contributed by atoms with Crippen LogP contribution < -0.4 is 5.73 Å². The number of hydrogen-bond acceptors (Lipinski definition) is 3. The van der Waals surface area contributed by atoms with Crippen molar-refractivity contribution in [3.8, 4) is 0 Å². The average molecular weight is 240 g/mol. The molecule has 0 aromatic rings. The van der Waals surface area contributed by atoms with Crippen LogP contribution in [0, 0.1) is 5.41 Å². The van der Waals surface area contributed by atoms with Gasteiger partial charge in [-0.1, -0.05) is 20.8 Å². The van der Waals surface area contributed by atoms with Crippen molar-refractivity contribution >= 4 is 5.91 Å². The van der Waals surface area contributed by atoms with Gasteiger partial charge in [-0.15, -0.1) is 0 Å². The van der Waals surface area contributed by atoms with Gasteiger partial charge in [0.15, 0.2) is 0 Å². The van der Waals surface area contributed by atoms with Gasteiger partial charge >= 0.3 is 0 Å². The number of nitrogens with zero attached hydrogens (tertiary/aromatic N) is 1. The van der Waals surface area contributed by atoms with E-state index in [0.29, 0.717) is 13.2 Å². The average Bonchev–Trinajstić information content (AvgIpc) is 2.73. The summed E-state index contributed by atoms with van der Waals surface area (Å²) in [6.45, 7) is 7.40. The zero-order chi connectivity index (χ0) is 12.6. The van der Waals surface area contributed by atoms with E-state index in [1.807, 2.05) is 25.7 Å². The normalized spacial score (nSPS) is 31.2. The molecule has 0 bridgehead atoms. The van der Waals surface area contributed by atoms with E-state index in [1.54, 1.807) is 0 Å². The maximum atomic E-state index is 12.4. The van der Waals surface area contributed by atoms with Gasteiger partial charge in [-0.3, -0.25) is 4.79 Å². The van der Waals surface area contributed by atoms with Gasteiger partial charge in [0, 0.05) is 6.54 Å². The van der Waals surface area contributed by atoms with Crippen molar-refractivity contribution in [3.63, 3.8) is 0 Å². The topological polar surface area (TPSA) is 55.6 Å². The Morgan fingerprint density at radius 3 is 2.76 bits per heavy atom. The first-order valence-corrected chi connectivity index (χ1v) is 6.59. The van der Waals surface area contributed by atoms with E-state index >= 15 is 0 Å². The zero-order valence-corrected chi connectivity index (χ0v) is 11.1. The standard InChI is InChI=1S/C13H24N2O2/c1-13(2,3)11(14)12(16)15-7-8-17-10-6-4-5-9(10)15/h9-11H,4-8,14H2,1-3H3/t9?,10?,11-/m1/s1. The fourth-order valence-corrected chi connectivity index (χ4v) is 2.75. The van der Waals surface area contributed by atoms with Gasteiger partial charge in [0.1, 0.15) is 0 Å². The van der Waals surface area contributed by atoms with E-state index in [0.717, 1.165) is 19.3 Å². The number of ether oxygens (including phenoxy) is 1. The molecule has 2 unspecified atom stereocenters.